The van der Waals surface area contributed by atoms with Gasteiger partial charge in [-0.25, -0.2) is 9.18 Å². The van der Waals surface area contributed by atoms with Gasteiger partial charge in [-0.15, -0.1) is 0 Å². The minimum Gasteiger partial charge on any atom is -0.460 e. The first-order chi connectivity index (χ1) is 9.06. The number of rotatable bonds is 7. The van der Waals surface area contributed by atoms with Gasteiger partial charge in [0.1, 0.15) is 12.4 Å². The molecule has 106 valence electrons. The summed E-state index contributed by atoms with van der Waals surface area (Å²) in [5.74, 6) is -1.14. The van der Waals surface area contributed by atoms with Crippen molar-refractivity contribution in [2.75, 3.05) is 25.6 Å². The predicted molar refractivity (Wildman–Crippen MR) is 74.5 cm³/mol. The number of unbranched alkanes of at least 4 members (excludes halogenated alkanes) is 1. The van der Waals surface area contributed by atoms with Crippen LogP contribution in [0.4, 0.5) is 10.1 Å². The average molecular weight is 334 g/mol. The van der Waals surface area contributed by atoms with Gasteiger partial charge in [0, 0.05) is 11.1 Å². The number of nitrogen functional groups attached to an aromatic ring is 1. The van der Waals surface area contributed by atoms with Crippen LogP contribution in [0.2, 0.25) is 0 Å². The van der Waals surface area contributed by atoms with Gasteiger partial charge in [0.2, 0.25) is 0 Å². The minimum absolute atomic E-state index is 0.0886. The minimum atomic E-state index is -0.577. The zero-order valence-corrected chi connectivity index (χ0v) is 12.3. The highest BCUT2D eigenvalue weighted by atomic mass is 79.9. The summed E-state index contributed by atoms with van der Waals surface area (Å²) in [4.78, 5) is 11.7. The number of halogens is 2. The molecule has 0 atom stereocenters. The molecule has 6 heteroatoms. The van der Waals surface area contributed by atoms with Crippen molar-refractivity contribution < 1.29 is 18.7 Å². The first-order valence-electron chi connectivity index (χ1n) is 6.05. The Morgan fingerprint density at radius 1 is 1.37 bits per heavy atom. The predicted octanol–water partition coefficient (Wildman–Crippen LogP) is 3.14. The van der Waals surface area contributed by atoms with Crippen molar-refractivity contribution >= 4 is 27.6 Å². The van der Waals surface area contributed by atoms with Crippen LogP contribution in [0, 0.1) is 5.82 Å². The van der Waals surface area contributed by atoms with Gasteiger partial charge in [-0.05, 0) is 34.5 Å². The van der Waals surface area contributed by atoms with Crippen molar-refractivity contribution in [1.82, 2.24) is 0 Å². The van der Waals surface area contributed by atoms with Gasteiger partial charge in [-0.2, -0.15) is 0 Å². The third-order valence-corrected chi connectivity index (χ3v) is 3.07. The summed E-state index contributed by atoms with van der Waals surface area (Å²) in [6.45, 7) is 3.23. The molecule has 1 aromatic carbocycles. The summed E-state index contributed by atoms with van der Waals surface area (Å²) in [6, 6.07) is 2.39. The second-order valence-electron chi connectivity index (χ2n) is 3.96. The fourth-order valence-electron chi connectivity index (χ4n) is 1.34. The van der Waals surface area contributed by atoms with Crippen molar-refractivity contribution in [3.63, 3.8) is 0 Å². The van der Waals surface area contributed by atoms with Crippen LogP contribution in [-0.2, 0) is 9.47 Å². The van der Waals surface area contributed by atoms with E-state index in [-0.39, 0.29) is 17.9 Å². The smallest absolute Gasteiger partial charge is 0.339 e. The standard InChI is InChI=1S/C13H17BrFNO3/c1-2-3-4-18-5-6-19-13(17)9-7-12(16)11(15)8-10(9)14/h7-8H,2-6,16H2,1H3. The van der Waals surface area contributed by atoms with Crippen molar-refractivity contribution in [2.45, 2.75) is 19.8 Å². The number of nitrogens with two attached hydrogens (primary N) is 1. The summed E-state index contributed by atoms with van der Waals surface area (Å²) in [5, 5.41) is 0. The summed E-state index contributed by atoms with van der Waals surface area (Å²) in [5.41, 5.74) is 5.52. The molecule has 0 spiro atoms. The number of carbonyl (C=O) groups excluding carboxylic acids is 1. The molecule has 0 aliphatic rings. The number of hydrogen-bond donors (Lipinski definition) is 1. The fraction of sp³-hybridized carbons (Fsp3) is 0.462. The lowest BCUT2D eigenvalue weighted by molar-refractivity contribution is 0.0313. The normalized spacial score (nSPS) is 10.5. The molecule has 0 bridgehead atoms. The van der Waals surface area contributed by atoms with Gasteiger partial charge < -0.3 is 15.2 Å². The van der Waals surface area contributed by atoms with Crippen LogP contribution in [0.1, 0.15) is 30.1 Å². The number of benzene rings is 1. The third kappa shape index (κ3) is 5.16. The van der Waals surface area contributed by atoms with Crippen LogP contribution < -0.4 is 5.73 Å². The molecule has 0 fully saturated rings. The SMILES string of the molecule is CCCCOCCOC(=O)c1cc(N)c(F)cc1Br. The molecule has 0 unspecified atom stereocenters. The molecule has 2 N–H and O–H groups in total. The Kier molecular flexibility index (Phi) is 6.80. The van der Waals surface area contributed by atoms with Crippen LogP contribution in [-0.4, -0.2) is 25.8 Å². The zero-order chi connectivity index (χ0) is 14.3. The molecule has 0 aromatic heterocycles. The summed E-state index contributed by atoms with van der Waals surface area (Å²) < 4.78 is 23.7. The quantitative estimate of drug-likeness (QED) is 0.473. The van der Waals surface area contributed by atoms with Crippen LogP contribution in [0.15, 0.2) is 16.6 Å². The maximum absolute atomic E-state index is 13.1. The Balaban J connectivity index is 2.43. The van der Waals surface area contributed by atoms with Gasteiger partial charge in [-0.1, -0.05) is 13.3 Å². The van der Waals surface area contributed by atoms with E-state index in [4.69, 9.17) is 15.2 Å². The molecule has 1 aromatic rings. The largest absolute Gasteiger partial charge is 0.460 e. The van der Waals surface area contributed by atoms with Gasteiger partial charge in [0.05, 0.1) is 17.9 Å². The molecule has 0 saturated heterocycles. The highest BCUT2D eigenvalue weighted by Crippen LogP contribution is 2.23. The lowest BCUT2D eigenvalue weighted by Crippen LogP contribution is -2.12. The fourth-order valence-corrected chi connectivity index (χ4v) is 1.82. The Labute approximate surface area is 120 Å². The first kappa shape index (κ1) is 15.9. The van der Waals surface area contributed by atoms with Gasteiger partial charge in [0.15, 0.2) is 0 Å². The second kappa shape index (κ2) is 8.12. The maximum Gasteiger partial charge on any atom is 0.339 e. The maximum atomic E-state index is 13.1. The van der Waals surface area contributed by atoms with Crippen molar-refractivity contribution in [1.29, 1.82) is 0 Å². The van der Waals surface area contributed by atoms with E-state index < -0.39 is 11.8 Å². The van der Waals surface area contributed by atoms with E-state index >= 15 is 0 Å². The third-order valence-electron chi connectivity index (χ3n) is 2.41. The molecule has 1 rings (SSSR count). The number of carbonyl (C=O) groups is 1. The number of esters is 1. The highest BCUT2D eigenvalue weighted by molar-refractivity contribution is 9.10. The number of anilines is 1. The molecule has 0 aliphatic heterocycles. The Bertz CT molecular complexity index is 440. The Morgan fingerprint density at radius 3 is 2.79 bits per heavy atom. The molecule has 0 amide bonds. The van der Waals surface area contributed by atoms with E-state index in [1.165, 1.54) is 6.07 Å². The van der Waals surface area contributed by atoms with Crippen LogP contribution in [0.25, 0.3) is 0 Å². The van der Waals surface area contributed by atoms with Crippen molar-refractivity contribution in [3.05, 3.63) is 28.0 Å². The molecule has 0 aliphatic carbocycles. The van der Waals surface area contributed by atoms with Gasteiger partial charge in [-0.3, -0.25) is 0 Å². The molecule has 0 radical (unpaired) electrons. The van der Waals surface area contributed by atoms with Gasteiger partial charge in [0.25, 0.3) is 0 Å². The molecular formula is C13H17BrFNO3. The topological polar surface area (TPSA) is 61.5 Å². The van der Waals surface area contributed by atoms with Crippen LogP contribution >= 0.6 is 15.9 Å². The zero-order valence-electron chi connectivity index (χ0n) is 10.7. The average Bonchev–Trinajstić information content (AvgIpc) is 2.37. The first-order valence-corrected chi connectivity index (χ1v) is 6.85. The lowest BCUT2D eigenvalue weighted by atomic mass is 10.2. The number of ether oxygens (including phenoxy) is 2. The summed E-state index contributed by atoms with van der Waals surface area (Å²) >= 11 is 3.10. The molecule has 4 nitrogen and oxygen atoms in total. The Morgan fingerprint density at radius 2 is 2.11 bits per heavy atom. The van der Waals surface area contributed by atoms with E-state index in [0.29, 0.717) is 17.7 Å². The van der Waals surface area contributed by atoms with Crippen molar-refractivity contribution in [3.8, 4) is 0 Å². The monoisotopic (exact) mass is 333 g/mol. The molecule has 19 heavy (non-hydrogen) atoms. The molecular weight excluding hydrogens is 317 g/mol. The summed E-state index contributed by atoms with van der Waals surface area (Å²) in [7, 11) is 0. The van der Waals surface area contributed by atoms with E-state index in [1.54, 1.807) is 0 Å². The van der Waals surface area contributed by atoms with E-state index in [0.717, 1.165) is 18.9 Å². The Hall–Kier alpha value is -1.14. The van der Waals surface area contributed by atoms with Crippen LogP contribution in [0.5, 0.6) is 0 Å². The van der Waals surface area contributed by atoms with E-state index in [9.17, 15) is 9.18 Å². The van der Waals surface area contributed by atoms with E-state index in [2.05, 4.69) is 22.9 Å². The lowest BCUT2D eigenvalue weighted by Gasteiger charge is -2.08. The van der Waals surface area contributed by atoms with Gasteiger partial charge >= 0.3 is 5.97 Å². The van der Waals surface area contributed by atoms with Crippen LogP contribution in [0.3, 0.4) is 0 Å². The highest BCUT2D eigenvalue weighted by Gasteiger charge is 2.14. The number of hydrogen-bond acceptors (Lipinski definition) is 4. The molecule has 0 heterocycles. The van der Waals surface area contributed by atoms with E-state index in [1.807, 2.05) is 0 Å². The summed E-state index contributed by atoms with van der Waals surface area (Å²) in [6.07, 6.45) is 2.04. The van der Waals surface area contributed by atoms with Crippen molar-refractivity contribution in [2.24, 2.45) is 0 Å². The second-order valence-corrected chi connectivity index (χ2v) is 4.81. The molecule has 0 saturated carbocycles.